The molecular weight excluding hydrogens is 379 g/mol. The van der Waals surface area contributed by atoms with E-state index in [4.69, 9.17) is 5.73 Å². The third-order valence-electron chi connectivity index (χ3n) is 4.25. The van der Waals surface area contributed by atoms with Crippen LogP contribution in [0, 0.1) is 0 Å². The molecule has 11 heteroatoms. The first-order valence-corrected chi connectivity index (χ1v) is 9.06. The number of aromatic nitrogens is 5. The van der Waals surface area contributed by atoms with Gasteiger partial charge in [-0.15, -0.1) is 0 Å². The normalized spacial score (nSPS) is 12.7. The van der Waals surface area contributed by atoms with Gasteiger partial charge in [-0.2, -0.15) is 14.8 Å². The third kappa shape index (κ3) is 4.40. The van der Waals surface area contributed by atoms with E-state index in [1.807, 2.05) is 6.92 Å². The second kappa shape index (κ2) is 7.95. The van der Waals surface area contributed by atoms with Gasteiger partial charge in [-0.05, 0) is 20.8 Å². The first kappa shape index (κ1) is 20.4. The van der Waals surface area contributed by atoms with E-state index in [-0.39, 0.29) is 18.1 Å². The summed E-state index contributed by atoms with van der Waals surface area (Å²) in [5, 5.41) is 20.2. The van der Waals surface area contributed by atoms with E-state index in [9.17, 15) is 14.3 Å². The number of aliphatic hydroxyl groups is 1. The molecule has 3 aromatic heterocycles. The van der Waals surface area contributed by atoms with Crippen molar-refractivity contribution in [1.82, 2.24) is 30.0 Å². The van der Waals surface area contributed by atoms with Crippen molar-refractivity contribution in [2.45, 2.75) is 32.5 Å². The van der Waals surface area contributed by atoms with Gasteiger partial charge in [0, 0.05) is 25.0 Å². The Kier molecular flexibility index (Phi) is 5.59. The molecule has 1 atom stereocenters. The Morgan fingerprint density at radius 3 is 2.79 bits per heavy atom. The Balaban J connectivity index is 1.90. The van der Waals surface area contributed by atoms with Crippen LogP contribution in [0.1, 0.15) is 31.1 Å². The molecule has 0 aromatic carbocycles. The summed E-state index contributed by atoms with van der Waals surface area (Å²) < 4.78 is 15.4. The van der Waals surface area contributed by atoms with E-state index in [0.29, 0.717) is 29.1 Å². The van der Waals surface area contributed by atoms with Gasteiger partial charge in [0.25, 0.3) is 5.91 Å². The highest BCUT2D eigenvalue weighted by Crippen LogP contribution is 2.21. The molecule has 0 saturated heterocycles. The van der Waals surface area contributed by atoms with Gasteiger partial charge in [0.2, 0.25) is 5.95 Å². The first-order chi connectivity index (χ1) is 13.7. The molecule has 154 valence electrons. The van der Waals surface area contributed by atoms with Gasteiger partial charge < -0.3 is 21.5 Å². The van der Waals surface area contributed by atoms with E-state index in [1.54, 1.807) is 18.5 Å². The summed E-state index contributed by atoms with van der Waals surface area (Å²) in [7, 11) is 0. The Labute approximate surface area is 166 Å². The fourth-order valence-electron chi connectivity index (χ4n) is 2.60. The molecule has 0 saturated carbocycles. The van der Waals surface area contributed by atoms with Gasteiger partial charge in [-0.25, -0.2) is 14.4 Å². The van der Waals surface area contributed by atoms with Crippen molar-refractivity contribution < 1.29 is 14.3 Å². The maximum Gasteiger partial charge on any atom is 0.255 e. The molecule has 0 aliphatic rings. The molecule has 0 fully saturated rings. The van der Waals surface area contributed by atoms with Crippen LogP contribution < -0.4 is 16.4 Å². The molecule has 0 spiro atoms. The lowest BCUT2D eigenvalue weighted by Gasteiger charge is -2.22. The Morgan fingerprint density at radius 1 is 1.34 bits per heavy atom. The zero-order valence-electron chi connectivity index (χ0n) is 16.3. The predicted octanol–water partition coefficient (Wildman–Crippen LogP) is 1.06. The lowest BCUT2D eigenvalue weighted by atomic mass is 10.0. The van der Waals surface area contributed by atoms with Crippen LogP contribution in [0.2, 0.25) is 0 Å². The highest BCUT2D eigenvalue weighted by Gasteiger charge is 2.27. The third-order valence-corrected chi connectivity index (χ3v) is 4.25. The summed E-state index contributed by atoms with van der Waals surface area (Å²) in [5.41, 5.74) is 5.33. The number of nitrogens with zero attached hydrogens (tertiary/aromatic N) is 5. The molecule has 1 unspecified atom stereocenters. The number of alkyl halides is 1. The number of carbonyl (C=O) groups excluding carboxylic acids is 1. The number of carbonyl (C=O) groups is 1. The minimum absolute atomic E-state index is 0.106. The summed E-state index contributed by atoms with van der Waals surface area (Å²) >= 11 is 0. The van der Waals surface area contributed by atoms with Crippen molar-refractivity contribution in [3.63, 3.8) is 0 Å². The van der Waals surface area contributed by atoms with E-state index in [0.717, 1.165) is 0 Å². The van der Waals surface area contributed by atoms with Crippen LogP contribution in [-0.2, 0) is 0 Å². The molecule has 0 radical (unpaired) electrons. The molecule has 3 rings (SSSR count). The van der Waals surface area contributed by atoms with Crippen LogP contribution in [-0.4, -0.2) is 60.6 Å². The first-order valence-electron chi connectivity index (χ1n) is 9.06. The molecule has 3 aromatic rings. The van der Waals surface area contributed by atoms with Crippen LogP contribution in [0.4, 0.5) is 16.0 Å². The van der Waals surface area contributed by atoms with Crippen molar-refractivity contribution in [3.05, 3.63) is 30.2 Å². The zero-order valence-corrected chi connectivity index (χ0v) is 16.3. The lowest BCUT2D eigenvalue weighted by Crippen LogP contribution is -2.42. The average Bonchev–Trinajstić information content (AvgIpc) is 3.08. The van der Waals surface area contributed by atoms with Crippen LogP contribution in [0.5, 0.6) is 0 Å². The van der Waals surface area contributed by atoms with Crippen LogP contribution >= 0.6 is 0 Å². The number of pyridine rings is 1. The summed E-state index contributed by atoms with van der Waals surface area (Å²) in [6.07, 6.45) is 2.91. The number of nitrogens with two attached hydrogens (primary N) is 1. The smallest absolute Gasteiger partial charge is 0.255 e. The van der Waals surface area contributed by atoms with Crippen molar-refractivity contribution in [3.8, 4) is 5.82 Å². The molecule has 0 aliphatic heterocycles. The van der Waals surface area contributed by atoms with Crippen molar-refractivity contribution in [2.24, 2.45) is 0 Å². The molecule has 1 amide bonds. The maximum atomic E-state index is 13.9. The van der Waals surface area contributed by atoms with E-state index >= 15 is 0 Å². The van der Waals surface area contributed by atoms with E-state index in [2.05, 4.69) is 30.7 Å². The van der Waals surface area contributed by atoms with Gasteiger partial charge in [0.15, 0.2) is 11.5 Å². The fraction of sp³-hybridized carbons (Fsp3) is 0.389. The molecule has 0 bridgehead atoms. The molecule has 3 heterocycles. The fourth-order valence-corrected chi connectivity index (χ4v) is 2.60. The van der Waals surface area contributed by atoms with E-state index < -0.39 is 17.7 Å². The monoisotopic (exact) mass is 402 g/mol. The number of hydrogen-bond acceptors (Lipinski definition) is 8. The summed E-state index contributed by atoms with van der Waals surface area (Å²) in [4.78, 5) is 24.9. The van der Waals surface area contributed by atoms with Gasteiger partial charge in [-0.1, -0.05) is 0 Å². The van der Waals surface area contributed by atoms with Gasteiger partial charge in [0.05, 0.1) is 35.0 Å². The lowest BCUT2D eigenvalue weighted by molar-refractivity contribution is -0.00177. The number of nitrogen functional groups attached to an aromatic ring is 1. The summed E-state index contributed by atoms with van der Waals surface area (Å²) in [6, 6.07) is 1.64. The summed E-state index contributed by atoms with van der Waals surface area (Å²) in [5.74, 6) is 0.0176. The highest BCUT2D eigenvalue weighted by molar-refractivity contribution is 5.99. The number of halogens is 1. The molecule has 29 heavy (non-hydrogen) atoms. The van der Waals surface area contributed by atoms with Gasteiger partial charge >= 0.3 is 0 Å². The topological polar surface area (TPSA) is 144 Å². The number of anilines is 2. The molecule has 0 aliphatic carbocycles. The standard InChI is InChI=1S/C18H23FN8O2/c1-4-21-12-5-14(27-15-10(7-25-27)6-24-17(20)26-15)22-8-11(12)16(28)23-9-13(19)18(2,3)29/h5-8,13,29H,4,9H2,1-3H3,(H,21,22)(H,23,28)(H2,20,24,26). The van der Waals surface area contributed by atoms with Gasteiger partial charge in [-0.3, -0.25) is 4.79 Å². The summed E-state index contributed by atoms with van der Waals surface area (Å²) in [6.45, 7) is 4.79. The Bertz CT molecular complexity index is 1030. The second-order valence-electron chi connectivity index (χ2n) is 7.01. The van der Waals surface area contributed by atoms with E-state index in [1.165, 1.54) is 24.7 Å². The average molecular weight is 402 g/mol. The van der Waals surface area contributed by atoms with Crippen LogP contribution in [0.3, 0.4) is 0 Å². The number of hydrogen-bond donors (Lipinski definition) is 4. The number of amides is 1. The number of nitrogens with one attached hydrogen (secondary N) is 2. The second-order valence-corrected chi connectivity index (χ2v) is 7.01. The Morgan fingerprint density at radius 2 is 2.10 bits per heavy atom. The SMILES string of the molecule is CCNc1cc(-n2ncc3cnc(N)nc32)ncc1C(=O)NCC(F)C(C)(C)O. The largest absolute Gasteiger partial charge is 0.387 e. The minimum Gasteiger partial charge on any atom is -0.387 e. The number of fused-ring (bicyclic) bond motifs is 1. The zero-order chi connectivity index (χ0) is 21.2. The maximum absolute atomic E-state index is 13.9. The molecule has 5 N–H and O–H groups in total. The van der Waals surface area contributed by atoms with Crippen molar-refractivity contribution in [2.75, 3.05) is 24.1 Å². The predicted molar refractivity (Wildman–Crippen MR) is 107 cm³/mol. The van der Waals surface area contributed by atoms with Crippen LogP contribution in [0.25, 0.3) is 16.9 Å². The van der Waals surface area contributed by atoms with Gasteiger partial charge in [0.1, 0.15) is 6.17 Å². The number of rotatable bonds is 7. The molecular formula is C18H23FN8O2. The van der Waals surface area contributed by atoms with Crippen molar-refractivity contribution >= 4 is 28.6 Å². The molecule has 10 nitrogen and oxygen atoms in total. The van der Waals surface area contributed by atoms with Crippen LogP contribution in [0.15, 0.2) is 24.7 Å². The highest BCUT2D eigenvalue weighted by atomic mass is 19.1. The van der Waals surface area contributed by atoms with Crippen molar-refractivity contribution in [1.29, 1.82) is 0 Å². The quantitative estimate of drug-likeness (QED) is 0.459. The minimum atomic E-state index is -1.61. The Hall–Kier alpha value is -3.34.